The van der Waals surface area contributed by atoms with Gasteiger partial charge in [0.25, 0.3) is 0 Å². The average Bonchev–Trinajstić information content (AvgIpc) is 2.65. The number of fused-ring (bicyclic) bond motifs is 1. The number of nitrogens with zero attached hydrogens (tertiary/aromatic N) is 1. The molecule has 0 aliphatic carbocycles. The molecule has 2 nitrogen and oxygen atoms in total. The molecule has 14 heavy (non-hydrogen) atoms. The van der Waals surface area contributed by atoms with Gasteiger partial charge in [-0.1, -0.05) is 32.9 Å². The highest BCUT2D eigenvalue weighted by atomic mass is 16.3. The zero-order chi connectivity index (χ0) is 10.6. The van der Waals surface area contributed by atoms with E-state index in [1.165, 1.54) is 5.56 Å². The molecule has 0 saturated heterocycles. The Morgan fingerprint density at radius 2 is 2.00 bits per heavy atom. The molecule has 2 aromatic rings. The van der Waals surface area contributed by atoms with Crippen molar-refractivity contribution in [2.24, 2.45) is 0 Å². The van der Waals surface area contributed by atoms with Crippen molar-refractivity contribution in [2.45, 2.75) is 34.1 Å². The Morgan fingerprint density at radius 3 is 2.57 bits per heavy atom. The molecular weight excluding hydrogens is 174 g/mol. The van der Waals surface area contributed by atoms with E-state index in [2.05, 4.69) is 4.98 Å². The van der Waals surface area contributed by atoms with Crippen LogP contribution in [0.15, 0.2) is 22.6 Å². The summed E-state index contributed by atoms with van der Waals surface area (Å²) in [7, 11) is 0. The maximum Gasteiger partial charge on any atom is 0.195 e. The van der Waals surface area contributed by atoms with Gasteiger partial charge in [0.2, 0.25) is 0 Å². The van der Waals surface area contributed by atoms with Gasteiger partial charge in [-0.25, -0.2) is 4.98 Å². The van der Waals surface area contributed by atoms with Gasteiger partial charge >= 0.3 is 0 Å². The monoisotopic (exact) mass is 191 g/mol. The lowest BCUT2D eigenvalue weighted by molar-refractivity contribution is 0.538. The van der Waals surface area contributed by atoms with Crippen LogP contribution >= 0.6 is 0 Å². The number of hydrogen-bond acceptors (Lipinski definition) is 2. The van der Waals surface area contributed by atoms with Crippen LogP contribution in [0.25, 0.3) is 11.1 Å². The summed E-state index contributed by atoms with van der Waals surface area (Å²) in [5.74, 6) is 0.819. The summed E-state index contributed by atoms with van der Waals surface area (Å²) in [6.07, 6.45) is 0.855. The minimum absolute atomic E-state index is 0.819. The van der Waals surface area contributed by atoms with Crippen LogP contribution in [0.5, 0.6) is 0 Å². The number of aryl methyl sites for hydroxylation is 2. The molecule has 0 aliphatic heterocycles. The van der Waals surface area contributed by atoms with Crippen LogP contribution in [0.3, 0.4) is 0 Å². The lowest BCUT2D eigenvalue weighted by Crippen LogP contribution is -1.77. The minimum atomic E-state index is 0.819. The van der Waals surface area contributed by atoms with E-state index in [1.54, 1.807) is 0 Å². The minimum Gasteiger partial charge on any atom is -0.441 e. The highest BCUT2D eigenvalue weighted by Gasteiger charge is 2.04. The second-order valence-corrected chi connectivity index (χ2v) is 2.88. The standard InChI is InChI=1S/C10H11NO.C2H6/c1-3-9-11-10-7(2)5-4-6-8(10)12-9;1-2/h4-6H,3H2,1-2H3;1-2H3. The molecule has 0 spiro atoms. The van der Waals surface area contributed by atoms with E-state index in [0.717, 1.165) is 23.4 Å². The number of para-hydroxylation sites is 1. The van der Waals surface area contributed by atoms with Crippen LogP contribution in [0, 0.1) is 6.92 Å². The highest BCUT2D eigenvalue weighted by Crippen LogP contribution is 2.18. The fourth-order valence-electron chi connectivity index (χ4n) is 1.28. The SMILES string of the molecule is CC.CCc1nc2c(C)cccc2o1. The normalized spacial score (nSPS) is 9.71. The molecule has 1 heterocycles. The summed E-state index contributed by atoms with van der Waals surface area (Å²) in [6.45, 7) is 8.09. The Kier molecular flexibility index (Phi) is 3.69. The summed E-state index contributed by atoms with van der Waals surface area (Å²) in [5, 5.41) is 0. The van der Waals surface area contributed by atoms with Gasteiger partial charge in [-0.05, 0) is 18.6 Å². The van der Waals surface area contributed by atoms with Crippen LogP contribution in [0.1, 0.15) is 32.2 Å². The molecule has 0 saturated carbocycles. The number of rotatable bonds is 1. The third kappa shape index (κ3) is 1.95. The Bertz CT molecular complexity index is 404. The first-order chi connectivity index (χ1) is 6.81. The molecule has 0 fully saturated rings. The maximum atomic E-state index is 5.49. The van der Waals surface area contributed by atoms with E-state index in [-0.39, 0.29) is 0 Å². The lowest BCUT2D eigenvalue weighted by Gasteiger charge is -1.88. The Hall–Kier alpha value is -1.31. The highest BCUT2D eigenvalue weighted by molar-refractivity contribution is 5.76. The molecule has 0 bridgehead atoms. The summed E-state index contributed by atoms with van der Waals surface area (Å²) >= 11 is 0. The van der Waals surface area contributed by atoms with Crippen molar-refractivity contribution in [1.29, 1.82) is 0 Å². The number of oxazole rings is 1. The Morgan fingerprint density at radius 1 is 1.29 bits per heavy atom. The third-order valence-electron chi connectivity index (χ3n) is 1.97. The van der Waals surface area contributed by atoms with Gasteiger partial charge < -0.3 is 4.42 Å². The molecule has 0 aliphatic rings. The molecule has 1 aromatic carbocycles. The quantitative estimate of drug-likeness (QED) is 0.686. The molecular formula is C12H17NO. The topological polar surface area (TPSA) is 26.0 Å². The van der Waals surface area contributed by atoms with E-state index >= 15 is 0 Å². The van der Waals surface area contributed by atoms with E-state index in [9.17, 15) is 0 Å². The third-order valence-corrected chi connectivity index (χ3v) is 1.97. The smallest absolute Gasteiger partial charge is 0.195 e. The van der Waals surface area contributed by atoms with E-state index in [1.807, 2.05) is 45.9 Å². The summed E-state index contributed by atoms with van der Waals surface area (Å²) in [5.41, 5.74) is 3.07. The van der Waals surface area contributed by atoms with Crippen LogP contribution in [-0.4, -0.2) is 4.98 Å². The summed E-state index contributed by atoms with van der Waals surface area (Å²) in [4.78, 5) is 4.36. The van der Waals surface area contributed by atoms with Crippen molar-refractivity contribution in [3.63, 3.8) is 0 Å². The van der Waals surface area contributed by atoms with Gasteiger partial charge in [-0.2, -0.15) is 0 Å². The largest absolute Gasteiger partial charge is 0.441 e. The predicted molar refractivity (Wildman–Crippen MR) is 59.5 cm³/mol. The fraction of sp³-hybridized carbons (Fsp3) is 0.417. The second-order valence-electron chi connectivity index (χ2n) is 2.88. The van der Waals surface area contributed by atoms with Crippen molar-refractivity contribution < 1.29 is 4.42 Å². The molecule has 0 amide bonds. The molecule has 2 heteroatoms. The first kappa shape index (κ1) is 10.8. The zero-order valence-corrected chi connectivity index (χ0v) is 9.29. The lowest BCUT2D eigenvalue weighted by atomic mass is 10.2. The molecule has 0 N–H and O–H groups in total. The molecule has 2 rings (SSSR count). The Labute approximate surface area is 85.0 Å². The van der Waals surface area contributed by atoms with Gasteiger partial charge in [0.15, 0.2) is 11.5 Å². The number of aromatic nitrogens is 1. The van der Waals surface area contributed by atoms with Gasteiger partial charge in [0, 0.05) is 6.42 Å². The van der Waals surface area contributed by atoms with Crippen LogP contribution in [0.2, 0.25) is 0 Å². The van der Waals surface area contributed by atoms with Gasteiger partial charge in [-0.15, -0.1) is 0 Å². The second kappa shape index (κ2) is 4.80. The molecule has 0 atom stereocenters. The average molecular weight is 191 g/mol. The van der Waals surface area contributed by atoms with Crippen LogP contribution < -0.4 is 0 Å². The molecule has 0 unspecified atom stereocenters. The predicted octanol–water partition coefficient (Wildman–Crippen LogP) is 3.72. The van der Waals surface area contributed by atoms with Gasteiger partial charge in [0.1, 0.15) is 5.52 Å². The van der Waals surface area contributed by atoms with E-state index in [4.69, 9.17) is 4.42 Å². The van der Waals surface area contributed by atoms with Crippen LogP contribution in [-0.2, 0) is 6.42 Å². The molecule has 76 valence electrons. The zero-order valence-electron chi connectivity index (χ0n) is 9.29. The van der Waals surface area contributed by atoms with Crippen LogP contribution in [0.4, 0.5) is 0 Å². The van der Waals surface area contributed by atoms with Gasteiger partial charge in [0.05, 0.1) is 0 Å². The molecule has 1 aromatic heterocycles. The maximum absolute atomic E-state index is 5.49. The number of hydrogen-bond donors (Lipinski definition) is 0. The number of benzene rings is 1. The van der Waals surface area contributed by atoms with Crippen molar-refractivity contribution in [3.8, 4) is 0 Å². The van der Waals surface area contributed by atoms with E-state index in [0.29, 0.717) is 0 Å². The van der Waals surface area contributed by atoms with Crippen molar-refractivity contribution in [2.75, 3.05) is 0 Å². The first-order valence-corrected chi connectivity index (χ1v) is 5.16. The van der Waals surface area contributed by atoms with Crippen molar-refractivity contribution >= 4 is 11.1 Å². The molecule has 0 radical (unpaired) electrons. The van der Waals surface area contributed by atoms with E-state index < -0.39 is 0 Å². The fourth-order valence-corrected chi connectivity index (χ4v) is 1.28. The summed E-state index contributed by atoms with van der Waals surface area (Å²) in [6, 6.07) is 5.99. The van der Waals surface area contributed by atoms with Gasteiger partial charge in [-0.3, -0.25) is 0 Å². The van der Waals surface area contributed by atoms with Crippen molar-refractivity contribution in [1.82, 2.24) is 4.98 Å². The van der Waals surface area contributed by atoms with Crippen molar-refractivity contribution in [3.05, 3.63) is 29.7 Å². The summed E-state index contributed by atoms with van der Waals surface area (Å²) < 4.78 is 5.49. The Balaban J connectivity index is 0.000000461. The first-order valence-electron chi connectivity index (χ1n) is 5.16.